The molecule has 0 bridgehead atoms. The van der Waals surface area contributed by atoms with Gasteiger partial charge in [0.25, 0.3) is 11.8 Å². The lowest BCUT2D eigenvalue weighted by Crippen LogP contribution is -2.13. The van der Waals surface area contributed by atoms with Crippen molar-refractivity contribution in [2.75, 3.05) is 0 Å². The number of esters is 1. The maximum absolute atomic E-state index is 13.7. The maximum atomic E-state index is 13.7. The van der Waals surface area contributed by atoms with Crippen LogP contribution in [0.5, 0.6) is 0 Å². The second-order valence-corrected chi connectivity index (χ2v) is 6.29. The summed E-state index contributed by atoms with van der Waals surface area (Å²) in [7, 11) is 0. The molecule has 0 unspecified atom stereocenters. The van der Waals surface area contributed by atoms with Gasteiger partial charge in [0.1, 0.15) is 5.82 Å². The summed E-state index contributed by atoms with van der Waals surface area (Å²) in [6.45, 7) is 1.60. The Morgan fingerprint density at radius 1 is 1.38 bits per heavy atom. The van der Waals surface area contributed by atoms with Crippen molar-refractivity contribution in [2.24, 2.45) is 0 Å². The number of ether oxygens (including phenoxy) is 1. The van der Waals surface area contributed by atoms with E-state index in [4.69, 9.17) is 20.8 Å². The number of hydrogen-bond acceptors (Lipinski definition) is 6. The Balaban J connectivity index is 1.66. The summed E-state index contributed by atoms with van der Waals surface area (Å²) >= 11 is 7.36. The van der Waals surface area contributed by atoms with E-state index in [1.807, 2.05) is 17.5 Å². The highest BCUT2D eigenvalue weighted by Gasteiger charge is 2.21. The minimum Gasteiger partial charge on any atom is -0.452 e. The first-order valence-electron chi connectivity index (χ1n) is 7.04. The van der Waals surface area contributed by atoms with Crippen LogP contribution in [0.3, 0.4) is 0 Å². The van der Waals surface area contributed by atoms with Gasteiger partial charge in [-0.2, -0.15) is 0 Å². The molecule has 8 heteroatoms. The van der Waals surface area contributed by atoms with Crippen molar-refractivity contribution in [3.05, 3.63) is 58.0 Å². The number of aromatic nitrogens is 2. The molecule has 1 aromatic carbocycles. The molecule has 2 heterocycles. The van der Waals surface area contributed by atoms with E-state index in [1.54, 1.807) is 6.92 Å². The zero-order chi connectivity index (χ0) is 17.1. The molecule has 0 fully saturated rings. The molecule has 1 atom stereocenters. The van der Waals surface area contributed by atoms with Gasteiger partial charge in [-0.05, 0) is 30.5 Å². The highest BCUT2D eigenvalue weighted by atomic mass is 35.5. The van der Waals surface area contributed by atoms with E-state index in [9.17, 15) is 9.18 Å². The zero-order valence-electron chi connectivity index (χ0n) is 12.5. The van der Waals surface area contributed by atoms with E-state index in [0.717, 1.165) is 4.88 Å². The number of carbonyl (C=O) groups is 1. The first-order chi connectivity index (χ1) is 11.5. The molecule has 3 aromatic rings. The molecule has 0 N–H and O–H groups in total. The third kappa shape index (κ3) is 3.63. The minimum absolute atomic E-state index is 0.0983. The Hall–Kier alpha value is -2.25. The van der Waals surface area contributed by atoms with Gasteiger partial charge in [-0.3, -0.25) is 4.79 Å². The summed E-state index contributed by atoms with van der Waals surface area (Å²) in [4.78, 5) is 12.8. The van der Waals surface area contributed by atoms with Crippen molar-refractivity contribution in [1.29, 1.82) is 0 Å². The summed E-state index contributed by atoms with van der Waals surface area (Å²) < 4.78 is 24.4. The number of thiophene rings is 1. The number of halogens is 2. The molecule has 3 rings (SSSR count). The molecule has 0 radical (unpaired) electrons. The Morgan fingerprint density at radius 3 is 2.92 bits per heavy atom. The van der Waals surface area contributed by atoms with Gasteiger partial charge in [0.05, 0.1) is 11.3 Å². The summed E-state index contributed by atoms with van der Waals surface area (Å²) in [6.07, 6.45) is -1.02. The van der Waals surface area contributed by atoms with Gasteiger partial charge in [0, 0.05) is 10.6 Å². The van der Waals surface area contributed by atoms with E-state index < -0.39 is 17.9 Å². The molecular weight excluding hydrogens is 355 g/mol. The fourth-order valence-electron chi connectivity index (χ4n) is 2.03. The Labute approximate surface area is 146 Å². The quantitative estimate of drug-likeness (QED) is 0.624. The largest absolute Gasteiger partial charge is 0.452 e. The van der Waals surface area contributed by atoms with E-state index in [0.29, 0.717) is 5.89 Å². The summed E-state index contributed by atoms with van der Waals surface area (Å²) in [5.74, 6) is -0.651. The SMILES string of the molecule is C[C@H](OC(=O)Cc1c(F)cccc1Cl)c1nnc(-c2cccs2)o1. The Bertz CT molecular complexity index is 831. The van der Waals surface area contributed by atoms with E-state index in [-0.39, 0.29) is 22.9 Å². The highest BCUT2D eigenvalue weighted by Crippen LogP contribution is 2.26. The van der Waals surface area contributed by atoms with Gasteiger partial charge in [-0.1, -0.05) is 23.7 Å². The standard InChI is InChI=1S/C16H12ClFN2O3S/c1-9(15-19-20-16(23-15)13-6-3-7-24-13)22-14(21)8-10-11(17)4-2-5-12(10)18/h2-7,9H,8H2,1H3/t9-/m0/s1. The van der Waals surface area contributed by atoms with Crippen molar-refractivity contribution in [3.63, 3.8) is 0 Å². The molecule has 0 saturated carbocycles. The average Bonchev–Trinajstić information content (AvgIpc) is 3.21. The lowest BCUT2D eigenvalue weighted by atomic mass is 10.1. The third-order valence-electron chi connectivity index (χ3n) is 3.21. The lowest BCUT2D eigenvalue weighted by molar-refractivity contribution is -0.148. The van der Waals surface area contributed by atoms with Crippen LogP contribution >= 0.6 is 22.9 Å². The van der Waals surface area contributed by atoms with E-state index in [2.05, 4.69) is 10.2 Å². The van der Waals surface area contributed by atoms with Crippen molar-refractivity contribution >= 4 is 28.9 Å². The van der Waals surface area contributed by atoms with Crippen molar-refractivity contribution < 1.29 is 18.3 Å². The minimum atomic E-state index is -0.746. The zero-order valence-corrected chi connectivity index (χ0v) is 14.1. The van der Waals surface area contributed by atoms with Gasteiger partial charge in [-0.15, -0.1) is 21.5 Å². The molecule has 0 spiro atoms. The molecule has 0 saturated heterocycles. The lowest BCUT2D eigenvalue weighted by Gasteiger charge is -2.10. The first-order valence-corrected chi connectivity index (χ1v) is 8.30. The molecule has 0 aliphatic carbocycles. The number of benzene rings is 1. The van der Waals surface area contributed by atoms with Crippen LogP contribution in [-0.4, -0.2) is 16.2 Å². The topological polar surface area (TPSA) is 65.2 Å². The molecular formula is C16H12ClFN2O3S. The molecule has 0 aliphatic rings. The molecule has 0 amide bonds. The van der Waals surface area contributed by atoms with Gasteiger partial charge in [-0.25, -0.2) is 4.39 Å². The number of hydrogen-bond donors (Lipinski definition) is 0. The van der Waals surface area contributed by atoms with Crippen LogP contribution < -0.4 is 0 Å². The number of rotatable bonds is 5. The van der Waals surface area contributed by atoms with Crippen LogP contribution in [0.15, 0.2) is 40.1 Å². The third-order valence-corrected chi connectivity index (χ3v) is 4.42. The predicted molar refractivity (Wildman–Crippen MR) is 87.2 cm³/mol. The number of carbonyl (C=O) groups excluding carboxylic acids is 1. The van der Waals surface area contributed by atoms with Crippen molar-refractivity contribution in [1.82, 2.24) is 10.2 Å². The summed E-state index contributed by atoms with van der Waals surface area (Å²) in [6, 6.07) is 7.94. The molecule has 0 aliphatic heterocycles. The van der Waals surface area contributed by atoms with Crippen LogP contribution in [0.2, 0.25) is 5.02 Å². The van der Waals surface area contributed by atoms with Crippen LogP contribution in [-0.2, 0) is 16.0 Å². The Kier molecular flexibility index (Phi) is 4.92. The van der Waals surface area contributed by atoms with Crippen molar-refractivity contribution in [3.8, 4) is 10.8 Å². The summed E-state index contributed by atoms with van der Waals surface area (Å²) in [5.41, 5.74) is 0.0983. The van der Waals surface area contributed by atoms with Crippen LogP contribution in [0.4, 0.5) is 4.39 Å². The maximum Gasteiger partial charge on any atom is 0.311 e. The van der Waals surface area contributed by atoms with E-state index >= 15 is 0 Å². The first kappa shape index (κ1) is 16.6. The number of nitrogens with zero attached hydrogens (tertiary/aromatic N) is 2. The van der Waals surface area contributed by atoms with Gasteiger partial charge < -0.3 is 9.15 Å². The fourth-order valence-corrected chi connectivity index (χ4v) is 2.91. The highest BCUT2D eigenvalue weighted by molar-refractivity contribution is 7.13. The van der Waals surface area contributed by atoms with Crippen LogP contribution in [0.25, 0.3) is 10.8 Å². The second-order valence-electron chi connectivity index (χ2n) is 4.93. The molecule has 2 aromatic heterocycles. The molecule has 24 heavy (non-hydrogen) atoms. The normalized spacial score (nSPS) is 12.1. The molecule has 124 valence electrons. The smallest absolute Gasteiger partial charge is 0.311 e. The second kappa shape index (κ2) is 7.11. The van der Waals surface area contributed by atoms with E-state index in [1.165, 1.54) is 29.5 Å². The summed E-state index contributed by atoms with van der Waals surface area (Å²) in [5, 5.41) is 9.87. The average molecular weight is 367 g/mol. The van der Waals surface area contributed by atoms with Crippen molar-refractivity contribution in [2.45, 2.75) is 19.4 Å². The van der Waals surface area contributed by atoms with Crippen LogP contribution in [0.1, 0.15) is 24.5 Å². The van der Waals surface area contributed by atoms with Crippen LogP contribution in [0, 0.1) is 5.82 Å². The monoisotopic (exact) mass is 366 g/mol. The Morgan fingerprint density at radius 2 is 2.21 bits per heavy atom. The van der Waals surface area contributed by atoms with Gasteiger partial charge >= 0.3 is 5.97 Å². The fraction of sp³-hybridized carbons (Fsp3) is 0.188. The predicted octanol–water partition coefficient (Wildman–Crippen LogP) is 4.44. The van der Waals surface area contributed by atoms with Gasteiger partial charge in [0.15, 0.2) is 6.10 Å². The van der Waals surface area contributed by atoms with Gasteiger partial charge in [0.2, 0.25) is 0 Å². The molecule has 5 nitrogen and oxygen atoms in total.